The topological polar surface area (TPSA) is 79.9 Å². The van der Waals surface area contributed by atoms with Gasteiger partial charge in [-0.05, 0) is 19.9 Å². The maximum absolute atomic E-state index is 10.2. The molecule has 1 heterocycles. The van der Waals surface area contributed by atoms with Gasteiger partial charge in [-0.1, -0.05) is 32.0 Å². The maximum Gasteiger partial charge on any atom is 0.189 e. The number of nitrogens with one attached hydrogen (secondary N) is 1. The average molecular weight is 305 g/mol. The van der Waals surface area contributed by atoms with E-state index in [0.29, 0.717) is 19.1 Å². The largest absolute Gasteiger partial charge is 0.493 e. The molecule has 0 fully saturated rings. The highest BCUT2D eigenvalue weighted by Gasteiger charge is 2.34. The second-order valence-electron chi connectivity index (χ2n) is 7.02. The van der Waals surface area contributed by atoms with Crippen LogP contribution < -0.4 is 15.8 Å². The van der Waals surface area contributed by atoms with E-state index in [1.807, 2.05) is 38.1 Å². The van der Waals surface area contributed by atoms with Gasteiger partial charge in [0.05, 0.1) is 24.8 Å². The number of aliphatic hydroxyl groups is 1. The number of guanidine groups is 1. The van der Waals surface area contributed by atoms with Gasteiger partial charge in [-0.3, -0.25) is 4.99 Å². The van der Waals surface area contributed by atoms with Crippen molar-refractivity contribution in [2.45, 2.75) is 45.8 Å². The van der Waals surface area contributed by atoms with Gasteiger partial charge in [0.25, 0.3) is 0 Å². The first-order valence-corrected chi connectivity index (χ1v) is 7.71. The molecule has 0 bridgehead atoms. The predicted octanol–water partition coefficient (Wildman–Crippen LogP) is 2.21. The lowest BCUT2D eigenvalue weighted by atomic mass is 9.77. The second kappa shape index (κ2) is 6.16. The number of fused-ring (bicyclic) bond motifs is 1. The molecule has 0 amide bonds. The molecule has 1 aromatic rings. The molecule has 22 heavy (non-hydrogen) atoms. The highest BCUT2D eigenvalue weighted by Crippen LogP contribution is 2.32. The molecule has 1 aliphatic rings. The average Bonchev–Trinajstić information content (AvgIpc) is 2.44. The Labute approximate surface area is 132 Å². The molecule has 1 atom stereocenters. The van der Waals surface area contributed by atoms with Crippen LogP contribution in [0.15, 0.2) is 29.3 Å². The zero-order valence-electron chi connectivity index (χ0n) is 13.9. The molecule has 0 saturated heterocycles. The van der Waals surface area contributed by atoms with Crippen LogP contribution in [0.25, 0.3) is 0 Å². The Hall–Kier alpha value is -1.75. The highest BCUT2D eigenvalue weighted by atomic mass is 16.5. The first-order valence-electron chi connectivity index (χ1n) is 7.71. The van der Waals surface area contributed by atoms with Gasteiger partial charge >= 0.3 is 0 Å². The number of hydrogen-bond donors (Lipinski definition) is 3. The molecule has 0 saturated carbocycles. The third-order valence-corrected chi connectivity index (χ3v) is 4.58. The van der Waals surface area contributed by atoms with Gasteiger partial charge < -0.3 is 20.9 Å². The van der Waals surface area contributed by atoms with Gasteiger partial charge in [-0.25, -0.2) is 0 Å². The summed E-state index contributed by atoms with van der Waals surface area (Å²) in [7, 11) is 0. The predicted molar refractivity (Wildman–Crippen MR) is 89.0 cm³/mol. The summed E-state index contributed by atoms with van der Waals surface area (Å²) >= 11 is 0. The molecule has 0 aliphatic carbocycles. The summed E-state index contributed by atoms with van der Waals surface area (Å²) in [6.45, 7) is 8.67. The lowest BCUT2D eigenvalue weighted by Gasteiger charge is -2.36. The number of nitrogens with zero attached hydrogens (tertiary/aromatic N) is 1. The van der Waals surface area contributed by atoms with E-state index in [1.54, 1.807) is 13.8 Å². The normalized spacial score (nSPS) is 19.3. The third-order valence-electron chi connectivity index (χ3n) is 4.58. The SMILES string of the molecule is CC(C)(O)C(C)(C)CN=C(N)NC1CCOc2ccccc21. The molecule has 0 aromatic heterocycles. The van der Waals surface area contributed by atoms with E-state index in [1.165, 1.54) is 0 Å². The molecule has 4 N–H and O–H groups in total. The van der Waals surface area contributed by atoms with Gasteiger partial charge in [0.15, 0.2) is 5.96 Å². The van der Waals surface area contributed by atoms with Gasteiger partial charge in [0.1, 0.15) is 5.75 Å². The maximum atomic E-state index is 10.2. The number of aliphatic imine (C=N–C) groups is 1. The van der Waals surface area contributed by atoms with Crippen LogP contribution in [0.1, 0.15) is 45.7 Å². The Morgan fingerprint density at radius 3 is 2.73 bits per heavy atom. The number of para-hydroxylation sites is 1. The van der Waals surface area contributed by atoms with E-state index >= 15 is 0 Å². The Morgan fingerprint density at radius 2 is 2.05 bits per heavy atom. The molecule has 5 heteroatoms. The minimum absolute atomic E-state index is 0.110. The standard InChI is InChI=1S/C17H27N3O2/c1-16(2,17(3,4)21)11-19-15(18)20-13-9-10-22-14-8-6-5-7-12(13)14/h5-8,13,21H,9-11H2,1-4H3,(H3,18,19,20). The van der Waals surface area contributed by atoms with Crippen LogP contribution in [-0.4, -0.2) is 29.8 Å². The lowest BCUT2D eigenvalue weighted by molar-refractivity contribution is -0.0290. The molecule has 2 rings (SSSR count). The molecular formula is C17H27N3O2. The smallest absolute Gasteiger partial charge is 0.189 e. The van der Waals surface area contributed by atoms with Crippen molar-refractivity contribution in [2.24, 2.45) is 16.1 Å². The fourth-order valence-corrected chi connectivity index (χ4v) is 2.19. The second-order valence-corrected chi connectivity index (χ2v) is 7.02. The first-order chi connectivity index (χ1) is 10.2. The van der Waals surface area contributed by atoms with Crippen LogP contribution >= 0.6 is 0 Å². The molecule has 122 valence electrons. The Kier molecular flexibility index (Phi) is 4.66. The van der Waals surface area contributed by atoms with Crippen molar-refractivity contribution >= 4 is 5.96 Å². The van der Waals surface area contributed by atoms with Crippen molar-refractivity contribution in [1.29, 1.82) is 0 Å². The van der Waals surface area contributed by atoms with Gasteiger partial charge in [-0.15, -0.1) is 0 Å². The quantitative estimate of drug-likeness (QED) is 0.588. The van der Waals surface area contributed by atoms with Crippen molar-refractivity contribution in [3.63, 3.8) is 0 Å². The van der Waals surface area contributed by atoms with Crippen LogP contribution in [-0.2, 0) is 0 Å². The van der Waals surface area contributed by atoms with Crippen molar-refractivity contribution in [1.82, 2.24) is 5.32 Å². The van der Waals surface area contributed by atoms with E-state index in [9.17, 15) is 5.11 Å². The van der Waals surface area contributed by atoms with E-state index in [2.05, 4.69) is 10.3 Å². The van der Waals surface area contributed by atoms with E-state index < -0.39 is 5.60 Å². The van der Waals surface area contributed by atoms with Crippen LogP contribution in [0.3, 0.4) is 0 Å². The van der Waals surface area contributed by atoms with Crippen LogP contribution in [0.4, 0.5) is 0 Å². The molecule has 0 spiro atoms. The monoisotopic (exact) mass is 305 g/mol. The summed E-state index contributed by atoms with van der Waals surface area (Å²) in [4.78, 5) is 4.41. The van der Waals surface area contributed by atoms with Crippen molar-refractivity contribution in [3.8, 4) is 5.75 Å². The summed E-state index contributed by atoms with van der Waals surface area (Å²) in [5, 5.41) is 13.4. The van der Waals surface area contributed by atoms with Crippen LogP contribution in [0.5, 0.6) is 5.75 Å². The number of rotatable bonds is 4. The van der Waals surface area contributed by atoms with E-state index in [4.69, 9.17) is 10.5 Å². The minimum Gasteiger partial charge on any atom is -0.493 e. The minimum atomic E-state index is -0.817. The van der Waals surface area contributed by atoms with E-state index in [0.717, 1.165) is 17.7 Å². The summed E-state index contributed by atoms with van der Waals surface area (Å²) < 4.78 is 5.64. The Balaban J connectivity index is 2.04. The van der Waals surface area contributed by atoms with Crippen molar-refractivity contribution in [3.05, 3.63) is 29.8 Å². The zero-order chi connectivity index (χ0) is 16.4. The van der Waals surface area contributed by atoms with Crippen LogP contribution in [0, 0.1) is 5.41 Å². The first kappa shape index (κ1) is 16.6. The summed E-state index contributed by atoms with van der Waals surface area (Å²) in [5.74, 6) is 1.30. The van der Waals surface area contributed by atoms with Gasteiger partial charge in [0.2, 0.25) is 0 Å². The molecule has 0 radical (unpaired) electrons. The summed E-state index contributed by atoms with van der Waals surface area (Å²) in [6, 6.07) is 8.07. The van der Waals surface area contributed by atoms with E-state index in [-0.39, 0.29) is 11.5 Å². The molecule has 1 aliphatic heterocycles. The van der Waals surface area contributed by atoms with Gasteiger partial charge in [0, 0.05) is 17.4 Å². The molecule has 1 unspecified atom stereocenters. The summed E-state index contributed by atoms with van der Waals surface area (Å²) in [5.41, 5.74) is 5.96. The van der Waals surface area contributed by atoms with Crippen LogP contribution in [0.2, 0.25) is 0 Å². The highest BCUT2D eigenvalue weighted by molar-refractivity contribution is 5.78. The molecule has 5 nitrogen and oxygen atoms in total. The number of nitrogens with two attached hydrogens (primary N) is 1. The fourth-order valence-electron chi connectivity index (χ4n) is 2.19. The van der Waals surface area contributed by atoms with Crippen molar-refractivity contribution < 1.29 is 9.84 Å². The fraction of sp³-hybridized carbons (Fsp3) is 0.588. The van der Waals surface area contributed by atoms with Gasteiger partial charge in [-0.2, -0.15) is 0 Å². The van der Waals surface area contributed by atoms with Crippen molar-refractivity contribution in [2.75, 3.05) is 13.2 Å². The number of ether oxygens (including phenoxy) is 1. The molecular weight excluding hydrogens is 278 g/mol. The Bertz CT molecular complexity index is 547. The summed E-state index contributed by atoms with van der Waals surface area (Å²) in [6.07, 6.45) is 0.849. The number of benzene rings is 1. The Morgan fingerprint density at radius 1 is 1.36 bits per heavy atom. The molecule has 1 aromatic carbocycles. The zero-order valence-corrected chi connectivity index (χ0v) is 13.9. The lowest BCUT2D eigenvalue weighted by Crippen LogP contribution is -2.43. The number of hydrogen-bond acceptors (Lipinski definition) is 3. The third kappa shape index (κ3) is 3.71.